The molecule has 3 N–H and O–H groups in total. The Bertz CT molecular complexity index is 1580. The van der Waals surface area contributed by atoms with E-state index < -0.39 is 97.5 Å². The molecule has 0 fully saturated rings. The van der Waals surface area contributed by atoms with E-state index in [9.17, 15) is 43.2 Å². The minimum atomic E-state index is -4.94. The van der Waals surface area contributed by atoms with E-state index in [0.717, 1.165) is 89.9 Å². The van der Waals surface area contributed by atoms with E-state index >= 15 is 0 Å². The summed E-state index contributed by atoms with van der Waals surface area (Å²) in [5, 5.41) is 10.5. The number of esters is 4. The van der Waals surface area contributed by atoms with Crippen LogP contribution in [0.4, 0.5) is 0 Å². The fourth-order valence-corrected chi connectivity index (χ4v) is 10.8. The molecule has 0 aliphatic rings. The van der Waals surface area contributed by atoms with Gasteiger partial charge in [0, 0.05) is 25.7 Å². The third kappa shape index (κ3) is 56.9. The molecule has 0 aliphatic heterocycles. The number of phosphoric ester groups is 2. The smallest absolute Gasteiger partial charge is 0.462 e. The quantitative estimate of drug-likeness (QED) is 0.0222. The van der Waals surface area contributed by atoms with Gasteiger partial charge in [0.15, 0.2) is 12.2 Å². The summed E-state index contributed by atoms with van der Waals surface area (Å²) < 4.78 is 67.8. The molecule has 5 atom stereocenters. The monoisotopic (exact) mass is 1200 g/mol. The average molecular weight is 1200 g/mol. The van der Waals surface area contributed by atoms with Gasteiger partial charge in [-0.1, -0.05) is 259 Å². The third-order valence-electron chi connectivity index (χ3n) is 14.3. The Morgan fingerprint density at radius 1 is 0.333 bits per heavy atom. The van der Waals surface area contributed by atoms with Crippen LogP contribution in [0.3, 0.4) is 0 Å². The van der Waals surface area contributed by atoms with Crippen molar-refractivity contribution >= 4 is 39.5 Å². The fraction of sp³-hybridized carbons (Fsp3) is 0.935. The molecule has 0 spiro atoms. The summed E-state index contributed by atoms with van der Waals surface area (Å²) in [6.45, 7) is 7.07. The largest absolute Gasteiger partial charge is 0.472 e. The molecule has 19 heteroatoms. The summed E-state index contributed by atoms with van der Waals surface area (Å²) in [5.41, 5.74) is 0. The number of unbranched alkanes of at least 4 members (excludes halogenated alkanes) is 34. The van der Waals surface area contributed by atoms with Crippen molar-refractivity contribution in [3.05, 3.63) is 0 Å². The Labute approximate surface area is 492 Å². The summed E-state index contributed by atoms with van der Waals surface area (Å²) in [7, 11) is -9.88. The number of carbonyl (C=O) groups excluding carboxylic acids is 4. The van der Waals surface area contributed by atoms with Crippen LogP contribution in [0.2, 0.25) is 0 Å². The van der Waals surface area contributed by atoms with Crippen LogP contribution in [0.15, 0.2) is 0 Å². The van der Waals surface area contributed by atoms with Gasteiger partial charge in [-0.15, -0.1) is 0 Å². The molecule has 0 aliphatic carbocycles. The van der Waals surface area contributed by atoms with Crippen molar-refractivity contribution < 1.29 is 80.2 Å². The van der Waals surface area contributed by atoms with E-state index in [2.05, 4.69) is 34.6 Å². The summed E-state index contributed by atoms with van der Waals surface area (Å²) in [6.07, 6.45) is 39.0. The predicted octanol–water partition coefficient (Wildman–Crippen LogP) is 17.0. The van der Waals surface area contributed by atoms with Crippen molar-refractivity contribution in [2.24, 2.45) is 5.92 Å². The Balaban J connectivity index is 5.22. The van der Waals surface area contributed by atoms with Gasteiger partial charge in [0.1, 0.15) is 19.3 Å². The third-order valence-corrected chi connectivity index (χ3v) is 16.2. The SMILES string of the molecule is CCCCCCCCCCCCCCCC(=O)O[C@H](COC(=O)CCCCCCCCCCCC)COP(=O)(O)OC[C@@H](O)COP(=O)(O)OC[C@@H](COC(=O)CCCCCCCCCCC)OC(=O)CCCCCCCCC(C)C. The molecular formula is C62H120O17P2. The second-order valence-corrected chi connectivity index (χ2v) is 25.8. The number of phosphoric acid groups is 2. The van der Waals surface area contributed by atoms with Crippen LogP contribution in [-0.2, 0) is 65.4 Å². The first-order valence-corrected chi connectivity index (χ1v) is 35.6. The standard InChI is InChI=1S/C62H120O17P2/c1-6-9-12-15-18-21-23-24-25-28-31-37-42-47-61(66)78-57(51-73-60(65)46-41-36-30-27-22-19-16-13-10-7-2)53-76-80(68,69)74-49-56(63)50-75-81(70,71)77-54-58(79-62(67)48-43-38-33-32-34-39-44-55(4)5)52-72-59(64)45-40-35-29-26-20-17-14-11-8-3/h55-58,63H,6-54H2,1-5H3,(H,68,69)(H,70,71)/t56-,57-,58-/m1/s1. The molecule has 0 aromatic carbocycles. The Morgan fingerprint density at radius 2 is 0.568 bits per heavy atom. The number of aliphatic hydroxyl groups excluding tert-OH is 1. The van der Waals surface area contributed by atoms with Crippen LogP contribution in [0.25, 0.3) is 0 Å². The molecule has 480 valence electrons. The van der Waals surface area contributed by atoms with Crippen molar-refractivity contribution in [2.45, 2.75) is 329 Å². The highest BCUT2D eigenvalue weighted by Gasteiger charge is 2.30. The van der Waals surface area contributed by atoms with Gasteiger partial charge < -0.3 is 33.8 Å². The molecule has 0 radical (unpaired) electrons. The van der Waals surface area contributed by atoms with Gasteiger partial charge in [-0.25, -0.2) is 9.13 Å². The number of aliphatic hydroxyl groups is 1. The zero-order valence-corrected chi connectivity index (χ0v) is 53.7. The van der Waals surface area contributed by atoms with Crippen LogP contribution < -0.4 is 0 Å². The molecule has 81 heavy (non-hydrogen) atoms. The first-order chi connectivity index (χ1) is 39.0. The number of hydrogen-bond acceptors (Lipinski definition) is 15. The molecule has 2 unspecified atom stereocenters. The molecule has 0 heterocycles. The molecule has 0 saturated carbocycles. The number of carbonyl (C=O) groups is 4. The molecule has 0 rings (SSSR count). The van der Waals surface area contributed by atoms with Gasteiger partial charge in [-0.3, -0.25) is 37.3 Å². The lowest BCUT2D eigenvalue weighted by Crippen LogP contribution is -2.30. The zero-order chi connectivity index (χ0) is 59.9. The van der Waals surface area contributed by atoms with Crippen molar-refractivity contribution in [1.29, 1.82) is 0 Å². The van der Waals surface area contributed by atoms with Crippen LogP contribution in [-0.4, -0.2) is 96.7 Å². The van der Waals surface area contributed by atoms with Crippen LogP contribution in [0.1, 0.15) is 311 Å². The van der Waals surface area contributed by atoms with Crippen molar-refractivity contribution in [3.8, 4) is 0 Å². The molecule has 0 saturated heterocycles. The highest BCUT2D eigenvalue weighted by molar-refractivity contribution is 7.47. The fourth-order valence-electron chi connectivity index (χ4n) is 9.23. The van der Waals surface area contributed by atoms with Gasteiger partial charge >= 0.3 is 39.5 Å². The molecular weight excluding hydrogens is 1080 g/mol. The Kier molecular flexibility index (Phi) is 54.6. The van der Waals surface area contributed by atoms with Gasteiger partial charge in [0.05, 0.1) is 26.4 Å². The van der Waals surface area contributed by atoms with Gasteiger partial charge in [0.25, 0.3) is 0 Å². The summed E-state index contributed by atoms with van der Waals surface area (Å²) in [4.78, 5) is 72.0. The van der Waals surface area contributed by atoms with Crippen LogP contribution >= 0.6 is 15.6 Å². The van der Waals surface area contributed by atoms with Gasteiger partial charge in [-0.2, -0.15) is 0 Å². The zero-order valence-electron chi connectivity index (χ0n) is 51.9. The second kappa shape index (κ2) is 55.9. The lowest BCUT2D eigenvalue weighted by Gasteiger charge is -2.21. The maximum Gasteiger partial charge on any atom is 0.472 e. The highest BCUT2D eigenvalue weighted by Crippen LogP contribution is 2.45. The van der Waals surface area contributed by atoms with E-state index in [1.54, 1.807) is 0 Å². The van der Waals surface area contributed by atoms with Crippen LogP contribution in [0, 0.1) is 5.92 Å². The Morgan fingerprint density at radius 3 is 0.840 bits per heavy atom. The topological polar surface area (TPSA) is 237 Å². The molecule has 0 aromatic rings. The second-order valence-electron chi connectivity index (χ2n) is 22.9. The summed E-state index contributed by atoms with van der Waals surface area (Å²) >= 11 is 0. The van der Waals surface area contributed by atoms with Crippen molar-refractivity contribution in [3.63, 3.8) is 0 Å². The van der Waals surface area contributed by atoms with E-state index in [0.29, 0.717) is 31.6 Å². The van der Waals surface area contributed by atoms with Gasteiger partial charge in [-0.05, 0) is 31.6 Å². The minimum Gasteiger partial charge on any atom is -0.462 e. The number of hydrogen-bond donors (Lipinski definition) is 3. The lowest BCUT2D eigenvalue weighted by molar-refractivity contribution is -0.161. The van der Waals surface area contributed by atoms with Crippen molar-refractivity contribution in [1.82, 2.24) is 0 Å². The summed E-state index contributed by atoms with van der Waals surface area (Å²) in [6, 6.07) is 0. The lowest BCUT2D eigenvalue weighted by atomic mass is 10.0. The maximum atomic E-state index is 12.9. The molecule has 17 nitrogen and oxygen atoms in total. The molecule has 0 bridgehead atoms. The molecule has 0 aromatic heterocycles. The average Bonchev–Trinajstić information content (AvgIpc) is 3.43. The van der Waals surface area contributed by atoms with E-state index in [1.165, 1.54) is 135 Å². The van der Waals surface area contributed by atoms with Crippen LogP contribution in [0.5, 0.6) is 0 Å². The van der Waals surface area contributed by atoms with Crippen molar-refractivity contribution in [2.75, 3.05) is 39.6 Å². The molecule has 0 amide bonds. The maximum absolute atomic E-state index is 12.9. The number of ether oxygens (including phenoxy) is 4. The van der Waals surface area contributed by atoms with E-state index in [4.69, 9.17) is 37.0 Å². The minimum absolute atomic E-state index is 0.102. The normalized spacial score (nSPS) is 14.3. The highest BCUT2D eigenvalue weighted by atomic mass is 31.2. The Hall–Kier alpha value is -1.94. The number of rotatable bonds is 62. The first kappa shape index (κ1) is 79.1. The first-order valence-electron chi connectivity index (χ1n) is 32.6. The predicted molar refractivity (Wildman–Crippen MR) is 322 cm³/mol. The van der Waals surface area contributed by atoms with Gasteiger partial charge in [0.2, 0.25) is 0 Å². The summed E-state index contributed by atoms with van der Waals surface area (Å²) in [5.74, 6) is -1.47. The van der Waals surface area contributed by atoms with E-state index in [-0.39, 0.29) is 25.7 Å². The van der Waals surface area contributed by atoms with E-state index in [1.807, 2.05) is 0 Å².